The molecule has 1 atom stereocenters. The normalized spacial score (nSPS) is 16.2. The number of anilines is 1. The summed E-state index contributed by atoms with van der Waals surface area (Å²) in [5.74, 6) is 1.02. The van der Waals surface area contributed by atoms with Gasteiger partial charge in [-0.25, -0.2) is 4.98 Å². The van der Waals surface area contributed by atoms with Gasteiger partial charge in [0.05, 0.1) is 17.9 Å². The number of benzene rings is 2. The SMILES string of the molecule is O=C(Nc1ccc(-c2cnco2)cc1)c1ccccc1OCC1CCCO1. The van der Waals surface area contributed by atoms with Crippen LogP contribution in [0.4, 0.5) is 5.69 Å². The van der Waals surface area contributed by atoms with Crippen molar-refractivity contribution in [2.45, 2.75) is 18.9 Å². The third-order valence-corrected chi connectivity index (χ3v) is 4.44. The van der Waals surface area contributed by atoms with Gasteiger partial charge in [0, 0.05) is 17.9 Å². The average molecular weight is 364 g/mol. The van der Waals surface area contributed by atoms with Gasteiger partial charge in [0.15, 0.2) is 12.2 Å². The molecule has 0 spiro atoms. The Labute approximate surface area is 157 Å². The number of nitrogens with one attached hydrogen (secondary N) is 1. The van der Waals surface area contributed by atoms with Gasteiger partial charge < -0.3 is 19.2 Å². The maximum Gasteiger partial charge on any atom is 0.259 e. The van der Waals surface area contributed by atoms with Crippen molar-refractivity contribution in [3.05, 3.63) is 66.7 Å². The first-order chi connectivity index (χ1) is 13.3. The largest absolute Gasteiger partial charge is 0.490 e. The number of amides is 1. The van der Waals surface area contributed by atoms with E-state index in [1.165, 1.54) is 6.39 Å². The monoisotopic (exact) mass is 364 g/mol. The molecule has 138 valence electrons. The van der Waals surface area contributed by atoms with Crippen molar-refractivity contribution >= 4 is 11.6 Å². The van der Waals surface area contributed by atoms with Gasteiger partial charge in [0.2, 0.25) is 0 Å². The molecule has 0 aliphatic carbocycles. The van der Waals surface area contributed by atoms with Crippen LogP contribution >= 0.6 is 0 Å². The van der Waals surface area contributed by atoms with Gasteiger partial charge in [-0.3, -0.25) is 4.79 Å². The summed E-state index contributed by atoms with van der Waals surface area (Å²) in [6, 6.07) is 14.6. The van der Waals surface area contributed by atoms with Crippen molar-refractivity contribution in [1.29, 1.82) is 0 Å². The molecule has 1 fully saturated rings. The third-order valence-electron chi connectivity index (χ3n) is 4.44. The number of nitrogens with zero attached hydrogens (tertiary/aromatic N) is 1. The molecular weight excluding hydrogens is 344 g/mol. The number of hydrogen-bond donors (Lipinski definition) is 1. The molecule has 0 radical (unpaired) electrons. The van der Waals surface area contributed by atoms with Crippen molar-refractivity contribution < 1.29 is 18.7 Å². The average Bonchev–Trinajstić information content (AvgIpc) is 3.41. The van der Waals surface area contributed by atoms with Crippen molar-refractivity contribution in [3.8, 4) is 17.1 Å². The molecular formula is C21H20N2O4. The van der Waals surface area contributed by atoms with Crippen molar-refractivity contribution in [2.75, 3.05) is 18.5 Å². The molecule has 6 heteroatoms. The van der Waals surface area contributed by atoms with E-state index in [1.54, 1.807) is 18.3 Å². The van der Waals surface area contributed by atoms with Gasteiger partial charge in [-0.2, -0.15) is 0 Å². The highest BCUT2D eigenvalue weighted by Crippen LogP contribution is 2.24. The van der Waals surface area contributed by atoms with E-state index in [0.717, 1.165) is 25.0 Å². The van der Waals surface area contributed by atoms with Gasteiger partial charge in [-0.05, 0) is 49.2 Å². The van der Waals surface area contributed by atoms with Gasteiger partial charge in [0.25, 0.3) is 5.91 Å². The summed E-state index contributed by atoms with van der Waals surface area (Å²) in [7, 11) is 0. The maximum atomic E-state index is 12.7. The van der Waals surface area contributed by atoms with Crippen LogP contribution in [0.2, 0.25) is 0 Å². The molecule has 27 heavy (non-hydrogen) atoms. The Kier molecular flexibility index (Phi) is 5.16. The Bertz CT molecular complexity index is 885. The fraction of sp³-hybridized carbons (Fsp3) is 0.238. The fourth-order valence-electron chi connectivity index (χ4n) is 3.01. The molecule has 3 aromatic rings. The zero-order chi connectivity index (χ0) is 18.5. The minimum absolute atomic E-state index is 0.102. The molecule has 4 rings (SSSR count). The molecule has 0 saturated carbocycles. The fourth-order valence-corrected chi connectivity index (χ4v) is 3.01. The summed E-state index contributed by atoms with van der Waals surface area (Å²) in [6.45, 7) is 1.23. The number of carbonyl (C=O) groups excluding carboxylic acids is 1. The van der Waals surface area contributed by atoms with Crippen LogP contribution in [0, 0.1) is 0 Å². The molecule has 2 heterocycles. The summed E-state index contributed by atoms with van der Waals surface area (Å²) in [6.07, 6.45) is 5.18. The number of oxazole rings is 1. The lowest BCUT2D eigenvalue weighted by Gasteiger charge is -2.14. The Balaban J connectivity index is 1.43. The van der Waals surface area contributed by atoms with E-state index in [-0.39, 0.29) is 12.0 Å². The van der Waals surface area contributed by atoms with Gasteiger partial charge in [0.1, 0.15) is 12.4 Å². The van der Waals surface area contributed by atoms with Crippen LogP contribution in [0.1, 0.15) is 23.2 Å². The summed E-state index contributed by atoms with van der Waals surface area (Å²) in [5, 5.41) is 2.90. The molecule has 1 aliphatic heterocycles. The van der Waals surface area contributed by atoms with Gasteiger partial charge in [-0.1, -0.05) is 12.1 Å². The minimum Gasteiger partial charge on any atom is -0.490 e. The molecule has 1 N–H and O–H groups in total. The van der Waals surface area contributed by atoms with Crippen LogP contribution in [0.3, 0.4) is 0 Å². The highest BCUT2D eigenvalue weighted by Gasteiger charge is 2.18. The second-order valence-electron chi connectivity index (χ2n) is 6.34. The Morgan fingerprint density at radius 1 is 1.19 bits per heavy atom. The molecule has 1 unspecified atom stereocenters. The third kappa shape index (κ3) is 4.17. The summed E-state index contributed by atoms with van der Waals surface area (Å²) in [5.41, 5.74) is 2.08. The molecule has 1 amide bonds. The van der Waals surface area contributed by atoms with E-state index in [9.17, 15) is 4.79 Å². The Morgan fingerprint density at radius 3 is 2.78 bits per heavy atom. The van der Waals surface area contributed by atoms with Crippen LogP contribution in [-0.4, -0.2) is 30.2 Å². The second-order valence-corrected chi connectivity index (χ2v) is 6.34. The molecule has 1 saturated heterocycles. The molecule has 1 aromatic heterocycles. The minimum atomic E-state index is -0.217. The summed E-state index contributed by atoms with van der Waals surface area (Å²) < 4.78 is 16.7. The lowest BCUT2D eigenvalue weighted by atomic mass is 10.1. The van der Waals surface area contributed by atoms with E-state index in [0.29, 0.717) is 29.4 Å². The summed E-state index contributed by atoms with van der Waals surface area (Å²) in [4.78, 5) is 16.6. The van der Waals surface area contributed by atoms with Crippen LogP contribution in [0.15, 0.2) is 65.5 Å². The zero-order valence-corrected chi connectivity index (χ0v) is 14.8. The van der Waals surface area contributed by atoms with E-state index >= 15 is 0 Å². The predicted molar refractivity (Wildman–Crippen MR) is 101 cm³/mol. The van der Waals surface area contributed by atoms with Gasteiger partial charge in [-0.15, -0.1) is 0 Å². The highest BCUT2D eigenvalue weighted by atomic mass is 16.5. The Morgan fingerprint density at radius 2 is 2.04 bits per heavy atom. The van der Waals surface area contributed by atoms with Crippen molar-refractivity contribution in [2.24, 2.45) is 0 Å². The molecule has 0 bridgehead atoms. The first-order valence-corrected chi connectivity index (χ1v) is 8.93. The Hall–Kier alpha value is -3.12. The van der Waals surface area contributed by atoms with E-state index in [1.807, 2.05) is 36.4 Å². The highest BCUT2D eigenvalue weighted by molar-refractivity contribution is 6.06. The first kappa shape index (κ1) is 17.3. The lowest BCUT2D eigenvalue weighted by Crippen LogP contribution is -2.19. The maximum absolute atomic E-state index is 12.7. The molecule has 6 nitrogen and oxygen atoms in total. The van der Waals surface area contributed by atoms with Crippen LogP contribution < -0.4 is 10.1 Å². The zero-order valence-electron chi connectivity index (χ0n) is 14.8. The predicted octanol–water partition coefficient (Wildman–Crippen LogP) is 4.15. The summed E-state index contributed by atoms with van der Waals surface area (Å²) >= 11 is 0. The quantitative estimate of drug-likeness (QED) is 0.711. The number of carbonyl (C=O) groups is 1. The molecule has 1 aliphatic rings. The van der Waals surface area contributed by atoms with Gasteiger partial charge >= 0.3 is 0 Å². The standard InChI is InChI=1S/C21H20N2O4/c24-21(23-16-9-7-15(8-10-16)20-12-22-14-27-20)18-5-1-2-6-19(18)26-13-17-4-3-11-25-17/h1-2,5-10,12,14,17H,3-4,11,13H2,(H,23,24). The lowest BCUT2D eigenvalue weighted by molar-refractivity contribution is 0.0673. The van der Waals surface area contributed by atoms with Crippen molar-refractivity contribution in [1.82, 2.24) is 4.98 Å². The first-order valence-electron chi connectivity index (χ1n) is 8.93. The number of hydrogen-bond acceptors (Lipinski definition) is 5. The van der Waals surface area contributed by atoms with E-state index < -0.39 is 0 Å². The van der Waals surface area contributed by atoms with E-state index in [4.69, 9.17) is 13.9 Å². The molecule has 2 aromatic carbocycles. The number of aromatic nitrogens is 1. The smallest absolute Gasteiger partial charge is 0.259 e. The number of para-hydroxylation sites is 1. The second kappa shape index (κ2) is 8.05. The van der Waals surface area contributed by atoms with E-state index in [2.05, 4.69) is 10.3 Å². The number of rotatable bonds is 6. The van der Waals surface area contributed by atoms with Crippen LogP contribution in [0.5, 0.6) is 5.75 Å². The van der Waals surface area contributed by atoms with Crippen LogP contribution in [0.25, 0.3) is 11.3 Å². The van der Waals surface area contributed by atoms with Crippen LogP contribution in [-0.2, 0) is 4.74 Å². The number of ether oxygens (including phenoxy) is 2. The van der Waals surface area contributed by atoms with Crippen molar-refractivity contribution in [3.63, 3.8) is 0 Å². The topological polar surface area (TPSA) is 73.6 Å².